The number of carbonyl (C=O) groups excluding carboxylic acids is 2. The standard InChI is InChI=1S/C26H26F5N3O4/c1-24(2,3)38-23(36)33-14-17-12-19-18(10-16(26(29,30)31)11-21(19)37-17)20-5-4-15(13-32-20)22(35)34-8-6-25(27,28)7-9-34/h4-5,10-13H,6-9,14H2,1-3H3,(H,33,36). The lowest BCUT2D eigenvalue weighted by Crippen LogP contribution is -2.42. The first-order valence-corrected chi connectivity index (χ1v) is 11.9. The van der Waals surface area contributed by atoms with Gasteiger partial charge in [0.05, 0.1) is 23.4 Å². The lowest BCUT2D eigenvalue weighted by molar-refractivity contribution is -0.137. The number of pyridine rings is 1. The van der Waals surface area contributed by atoms with Crippen LogP contribution in [-0.4, -0.2) is 46.5 Å². The predicted octanol–water partition coefficient (Wildman–Crippen LogP) is 6.41. The number of fused-ring (bicyclic) bond motifs is 1. The SMILES string of the molecule is CC(C)(C)OC(=O)NCc1cc2c(-c3ccc(C(=O)N4CCC(F)(F)CC4)cn3)cc(C(F)(F)F)cc2o1. The Bertz CT molecular complexity index is 1330. The van der Waals surface area contributed by atoms with Crippen LogP contribution in [0.25, 0.3) is 22.2 Å². The Morgan fingerprint density at radius 3 is 2.37 bits per heavy atom. The minimum absolute atomic E-state index is 0.0630. The van der Waals surface area contributed by atoms with Crippen LogP contribution in [0, 0.1) is 0 Å². The Kier molecular flexibility index (Phi) is 7.11. The summed E-state index contributed by atoms with van der Waals surface area (Å²) in [6.07, 6.45) is -5.04. The van der Waals surface area contributed by atoms with Crippen molar-refractivity contribution in [3.63, 3.8) is 0 Å². The zero-order valence-corrected chi connectivity index (χ0v) is 20.9. The molecule has 3 heterocycles. The van der Waals surface area contributed by atoms with E-state index >= 15 is 0 Å². The molecule has 2 amide bonds. The average Bonchev–Trinajstić information content (AvgIpc) is 3.23. The summed E-state index contributed by atoms with van der Waals surface area (Å²) in [4.78, 5) is 30.2. The molecule has 3 aromatic rings. The number of piperidine rings is 1. The van der Waals surface area contributed by atoms with Gasteiger partial charge < -0.3 is 19.4 Å². The number of rotatable bonds is 4. The van der Waals surface area contributed by atoms with Crippen molar-refractivity contribution in [2.75, 3.05) is 13.1 Å². The Balaban J connectivity index is 1.61. The molecule has 0 radical (unpaired) electrons. The van der Waals surface area contributed by atoms with Gasteiger partial charge in [-0.25, -0.2) is 13.6 Å². The second-order valence-corrected chi connectivity index (χ2v) is 10.1. The summed E-state index contributed by atoms with van der Waals surface area (Å²) in [5.41, 5.74) is -1.36. The maximum Gasteiger partial charge on any atom is 0.416 e. The van der Waals surface area contributed by atoms with Crippen molar-refractivity contribution < 1.29 is 40.7 Å². The van der Waals surface area contributed by atoms with E-state index in [0.29, 0.717) is 5.39 Å². The van der Waals surface area contributed by atoms with Crippen molar-refractivity contribution in [2.45, 2.75) is 57.9 Å². The Morgan fingerprint density at radius 1 is 1.11 bits per heavy atom. The van der Waals surface area contributed by atoms with Crippen molar-refractivity contribution in [1.29, 1.82) is 0 Å². The number of halogens is 5. The normalized spacial score (nSPS) is 15.9. The molecule has 0 atom stereocenters. The van der Waals surface area contributed by atoms with Crippen LogP contribution in [0.2, 0.25) is 0 Å². The van der Waals surface area contributed by atoms with E-state index in [4.69, 9.17) is 9.15 Å². The third-order valence-corrected chi connectivity index (χ3v) is 5.89. The molecule has 0 spiro atoms. The van der Waals surface area contributed by atoms with Gasteiger partial charge in [0.2, 0.25) is 0 Å². The van der Waals surface area contributed by atoms with Crippen molar-refractivity contribution in [3.05, 3.63) is 53.4 Å². The van der Waals surface area contributed by atoms with E-state index in [-0.39, 0.29) is 47.8 Å². The Labute approximate surface area is 214 Å². The highest BCUT2D eigenvalue weighted by Gasteiger charge is 2.36. The van der Waals surface area contributed by atoms with Crippen molar-refractivity contribution in [1.82, 2.24) is 15.2 Å². The lowest BCUT2D eigenvalue weighted by atomic mass is 10.0. The monoisotopic (exact) mass is 539 g/mol. The van der Waals surface area contributed by atoms with Gasteiger partial charge in [-0.1, -0.05) is 0 Å². The number of hydrogen-bond acceptors (Lipinski definition) is 5. The molecule has 1 fully saturated rings. The molecule has 4 rings (SSSR count). The van der Waals surface area contributed by atoms with Crippen molar-refractivity contribution in [2.24, 2.45) is 0 Å². The number of alkyl halides is 5. The summed E-state index contributed by atoms with van der Waals surface area (Å²) in [6.45, 7) is 4.74. The highest BCUT2D eigenvalue weighted by Crippen LogP contribution is 2.38. The average molecular weight is 540 g/mol. The smallest absolute Gasteiger partial charge is 0.416 e. The molecule has 1 aliphatic rings. The molecule has 0 unspecified atom stereocenters. The predicted molar refractivity (Wildman–Crippen MR) is 128 cm³/mol. The molecule has 1 aliphatic heterocycles. The molecule has 204 valence electrons. The number of aromatic nitrogens is 1. The summed E-state index contributed by atoms with van der Waals surface area (Å²) in [7, 11) is 0. The van der Waals surface area contributed by atoms with E-state index in [9.17, 15) is 31.5 Å². The quantitative estimate of drug-likeness (QED) is 0.388. The number of hydrogen-bond donors (Lipinski definition) is 1. The molecule has 0 saturated carbocycles. The molecule has 7 nitrogen and oxygen atoms in total. The highest BCUT2D eigenvalue weighted by molar-refractivity contribution is 5.96. The van der Waals surface area contributed by atoms with E-state index in [1.165, 1.54) is 29.3 Å². The third-order valence-electron chi connectivity index (χ3n) is 5.89. The zero-order chi connectivity index (χ0) is 27.9. The van der Waals surface area contributed by atoms with E-state index < -0.39 is 48.1 Å². The molecule has 1 saturated heterocycles. The van der Waals surface area contributed by atoms with Crippen LogP contribution >= 0.6 is 0 Å². The van der Waals surface area contributed by atoms with E-state index in [1.807, 2.05) is 0 Å². The van der Waals surface area contributed by atoms with Gasteiger partial charge >= 0.3 is 12.3 Å². The molecule has 12 heteroatoms. The van der Waals surface area contributed by atoms with Gasteiger partial charge in [-0.2, -0.15) is 13.2 Å². The highest BCUT2D eigenvalue weighted by atomic mass is 19.4. The third kappa shape index (κ3) is 6.40. The van der Waals surface area contributed by atoms with Crippen LogP contribution in [-0.2, 0) is 17.5 Å². The summed E-state index contributed by atoms with van der Waals surface area (Å²) < 4.78 is 78.4. The van der Waals surface area contributed by atoms with E-state index in [0.717, 1.165) is 12.1 Å². The number of nitrogens with zero attached hydrogens (tertiary/aromatic N) is 2. The molecule has 38 heavy (non-hydrogen) atoms. The van der Waals surface area contributed by atoms with Crippen molar-refractivity contribution >= 4 is 23.0 Å². The number of alkyl carbamates (subject to hydrolysis) is 1. The first-order chi connectivity index (χ1) is 17.6. The first kappa shape index (κ1) is 27.3. The van der Waals surface area contributed by atoms with Crippen LogP contribution in [0.1, 0.15) is 55.3 Å². The number of ether oxygens (including phenoxy) is 1. The second-order valence-electron chi connectivity index (χ2n) is 10.1. The molecule has 0 bridgehead atoms. The van der Waals surface area contributed by atoms with Crippen LogP contribution < -0.4 is 5.32 Å². The molecule has 1 N–H and O–H groups in total. The minimum atomic E-state index is -4.67. The summed E-state index contributed by atoms with van der Waals surface area (Å²) in [5, 5.41) is 2.82. The first-order valence-electron chi connectivity index (χ1n) is 11.9. The maximum absolute atomic E-state index is 13.6. The zero-order valence-electron chi connectivity index (χ0n) is 20.9. The van der Waals surface area contributed by atoms with Crippen LogP contribution in [0.4, 0.5) is 26.7 Å². The second kappa shape index (κ2) is 9.88. The van der Waals surface area contributed by atoms with Crippen LogP contribution in [0.15, 0.2) is 40.9 Å². The largest absolute Gasteiger partial charge is 0.459 e. The fourth-order valence-corrected chi connectivity index (χ4v) is 4.03. The van der Waals surface area contributed by atoms with Crippen LogP contribution in [0.3, 0.4) is 0 Å². The van der Waals surface area contributed by atoms with Gasteiger partial charge in [0.25, 0.3) is 11.8 Å². The van der Waals surface area contributed by atoms with E-state index in [1.54, 1.807) is 20.8 Å². The molecule has 0 aliphatic carbocycles. The fourth-order valence-electron chi connectivity index (χ4n) is 4.03. The number of furan rings is 1. The topological polar surface area (TPSA) is 84.7 Å². The maximum atomic E-state index is 13.6. The lowest BCUT2D eigenvalue weighted by Gasteiger charge is -2.31. The van der Waals surface area contributed by atoms with Crippen molar-refractivity contribution in [3.8, 4) is 11.3 Å². The summed E-state index contributed by atoms with van der Waals surface area (Å²) >= 11 is 0. The van der Waals surface area contributed by atoms with Gasteiger partial charge in [0.1, 0.15) is 16.9 Å². The fraction of sp³-hybridized carbons (Fsp3) is 0.423. The van der Waals surface area contributed by atoms with E-state index in [2.05, 4.69) is 10.3 Å². The number of likely N-dealkylation sites (tertiary alicyclic amines) is 1. The number of nitrogens with one attached hydrogen (secondary N) is 1. The summed E-state index contributed by atoms with van der Waals surface area (Å²) in [5.74, 6) is -3.09. The van der Waals surface area contributed by atoms with Gasteiger partial charge in [-0.15, -0.1) is 0 Å². The molecular formula is C26H26F5N3O4. The number of benzene rings is 1. The molecular weight excluding hydrogens is 513 g/mol. The van der Waals surface area contributed by atoms with Crippen LogP contribution in [0.5, 0.6) is 0 Å². The summed E-state index contributed by atoms with van der Waals surface area (Å²) in [6, 6.07) is 6.08. The molecule has 1 aromatic carbocycles. The van der Waals surface area contributed by atoms with Gasteiger partial charge in [-0.3, -0.25) is 9.78 Å². The van der Waals surface area contributed by atoms with Gasteiger partial charge in [-0.05, 0) is 51.1 Å². The molecule has 2 aromatic heterocycles. The van der Waals surface area contributed by atoms with Gasteiger partial charge in [0.15, 0.2) is 0 Å². The number of carbonyl (C=O) groups is 2. The Morgan fingerprint density at radius 2 is 1.79 bits per heavy atom. The Hall–Kier alpha value is -3.70. The van der Waals surface area contributed by atoms with Gasteiger partial charge in [0, 0.05) is 43.1 Å². The number of amides is 2. The minimum Gasteiger partial charge on any atom is -0.459 e.